The molecule has 2 N–H and O–H groups in total. The van der Waals surface area contributed by atoms with Crippen molar-refractivity contribution in [3.05, 3.63) is 77.9 Å². The minimum Gasteiger partial charge on any atom is -0.490 e. The van der Waals surface area contributed by atoms with Crippen LogP contribution in [0.5, 0.6) is 11.5 Å². The zero-order chi connectivity index (χ0) is 31.9. The topological polar surface area (TPSA) is 130 Å². The molecule has 0 fully saturated rings. The SMILES string of the molecule is CCOc1cc2c(cc1OCC)C(C(=Nc1ccc(N(CC(=O)NCCN(C)C)S(C)(=O)=O)cc1)c1ccccc1)C(=O)N2. The number of amides is 2. The van der Waals surface area contributed by atoms with Crippen molar-refractivity contribution < 1.29 is 27.5 Å². The van der Waals surface area contributed by atoms with Gasteiger partial charge in [0.2, 0.25) is 21.8 Å². The van der Waals surface area contributed by atoms with Gasteiger partial charge in [-0.2, -0.15) is 0 Å². The Kier molecular flexibility index (Phi) is 10.6. The lowest BCUT2D eigenvalue weighted by atomic mass is 9.90. The van der Waals surface area contributed by atoms with Crippen molar-refractivity contribution in [3.63, 3.8) is 0 Å². The fourth-order valence-corrected chi connectivity index (χ4v) is 5.68. The van der Waals surface area contributed by atoms with Crippen molar-refractivity contribution >= 4 is 44.6 Å². The number of benzene rings is 3. The van der Waals surface area contributed by atoms with Crippen LogP contribution in [0.1, 0.15) is 30.9 Å². The summed E-state index contributed by atoms with van der Waals surface area (Å²) in [5, 5.41) is 5.71. The predicted molar refractivity (Wildman–Crippen MR) is 173 cm³/mol. The summed E-state index contributed by atoms with van der Waals surface area (Å²) < 4.78 is 37.9. The van der Waals surface area contributed by atoms with E-state index in [0.29, 0.717) is 66.1 Å². The van der Waals surface area contributed by atoms with Gasteiger partial charge in [-0.05, 0) is 69.4 Å². The van der Waals surface area contributed by atoms with E-state index in [9.17, 15) is 18.0 Å². The number of sulfonamides is 1. The highest BCUT2D eigenvalue weighted by molar-refractivity contribution is 7.92. The molecule has 1 aliphatic rings. The number of ether oxygens (including phenoxy) is 2. The summed E-state index contributed by atoms with van der Waals surface area (Å²) in [6.07, 6.45) is 1.06. The maximum absolute atomic E-state index is 13.5. The molecular formula is C32H39N5O6S. The van der Waals surface area contributed by atoms with Crippen molar-refractivity contribution in [2.45, 2.75) is 19.8 Å². The Balaban J connectivity index is 1.70. The fraction of sp³-hybridized carbons (Fsp3) is 0.344. The molecule has 1 unspecified atom stereocenters. The average molecular weight is 622 g/mol. The molecule has 0 radical (unpaired) electrons. The van der Waals surface area contributed by atoms with Crippen molar-refractivity contribution in [2.24, 2.45) is 4.99 Å². The monoisotopic (exact) mass is 621 g/mol. The maximum Gasteiger partial charge on any atom is 0.240 e. The molecule has 0 saturated heterocycles. The van der Waals surface area contributed by atoms with E-state index in [1.165, 1.54) is 0 Å². The number of hydrogen-bond acceptors (Lipinski definition) is 8. The lowest BCUT2D eigenvalue weighted by Crippen LogP contribution is -2.42. The number of likely N-dealkylation sites (N-methyl/N-ethyl adjacent to an activating group) is 1. The predicted octanol–water partition coefficient (Wildman–Crippen LogP) is 3.78. The second-order valence-electron chi connectivity index (χ2n) is 10.5. The van der Waals surface area contributed by atoms with Gasteiger partial charge < -0.3 is 25.0 Å². The first kappa shape index (κ1) is 32.5. The highest BCUT2D eigenvalue weighted by atomic mass is 32.2. The number of rotatable bonds is 14. The summed E-state index contributed by atoms with van der Waals surface area (Å²) in [7, 11) is 0.0183. The van der Waals surface area contributed by atoms with Crippen LogP contribution in [0.25, 0.3) is 0 Å². The zero-order valence-corrected chi connectivity index (χ0v) is 26.5. The van der Waals surface area contributed by atoms with Gasteiger partial charge >= 0.3 is 0 Å². The van der Waals surface area contributed by atoms with Gasteiger partial charge in [0.25, 0.3) is 0 Å². The Hall–Kier alpha value is -4.42. The van der Waals surface area contributed by atoms with E-state index < -0.39 is 21.8 Å². The zero-order valence-electron chi connectivity index (χ0n) is 25.7. The highest BCUT2D eigenvalue weighted by Crippen LogP contribution is 2.43. The first-order chi connectivity index (χ1) is 21.0. The van der Waals surface area contributed by atoms with Crippen LogP contribution in [0.4, 0.5) is 17.1 Å². The van der Waals surface area contributed by atoms with Crippen LogP contribution in [-0.2, 0) is 19.6 Å². The van der Waals surface area contributed by atoms with Gasteiger partial charge in [-0.15, -0.1) is 0 Å². The molecule has 0 bridgehead atoms. The standard InChI is InChI=1S/C32H39N5O6S/c1-6-42-27-19-25-26(20-28(27)43-7-2)35-32(39)30(25)31(22-11-9-8-10-12-22)34-23-13-15-24(16-14-23)37(44(5,40)41)21-29(38)33-17-18-36(3)4/h8-16,19-20,30H,6-7,17-18,21H2,1-5H3,(H,33,38)(H,35,39). The van der Waals surface area contributed by atoms with Crippen molar-refractivity contribution in [2.75, 3.05) is 62.8 Å². The van der Waals surface area contributed by atoms with Crippen molar-refractivity contribution in [1.82, 2.24) is 10.2 Å². The van der Waals surface area contributed by atoms with Gasteiger partial charge in [0.15, 0.2) is 11.5 Å². The average Bonchev–Trinajstić information content (AvgIpc) is 3.29. The smallest absolute Gasteiger partial charge is 0.240 e. The summed E-state index contributed by atoms with van der Waals surface area (Å²) in [4.78, 5) is 32.8. The summed E-state index contributed by atoms with van der Waals surface area (Å²) in [6, 6.07) is 19.5. The quantitative estimate of drug-likeness (QED) is 0.262. The Labute approximate surface area is 258 Å². The number of fused-ring (bicyclic) bond motifs is 1. The molecule has 11 nitrogen and oxygen atoms in total. The van der Waals surface area contributed by atoms with Crippen LogP contribution in [0, 0.1) is 0 Å². The summed E-state index contributed by atoms with van der Waals surface area (Å²) >= 11 is 0. The first-order valence-electron chi connectivity index (χ1n) is 14.4. The molecule has 4 rings (SSSR count). The molecule has 44 heavy (non-hydrogen) atoms. The lowest BCUT2D eigenvalue weighted by molar-refractivity contribution is -0.119. The van der Waals surface area contributed by atoms with Crippen LogP contribution < -0.4 is 24.4 Å². The summed E-state index contributed by atoms with van der Waals surface area (Å²) in [6.45, 7) is 5.31. The van der Waals surface area contributed by atoms with E-state index in [1.807, 2.05) is 69.2 Å². The summed E-state index contributed by atoms with van der Waals surface area (Å²) in [5.74, 6) is -0.294. The molecule has 1 aliphatic heterocycles. The number of aliphatic imine (C=N–C) groups is 1. The normalized spacial score (nSPS) is 14.6. The van der Waals surface area contributed by atoms with Crippen LogP contribution >= 0.6 is 0 Å². The van der Waals surface area contributed by atoms with Gasteiger partial charge in [-0.1, -0.05) is 30.3 Å². The number of hydrogen-bond donors (Lipinski definition) is 2. The third-order valence-electron chi connectivity index (χ3n) is 6.85. The second kappa shape index (κ2) is 14.4. The molecule has 0 aliphatic carbocycles. The second-order valence-corrected chi connectivity index (χ2v) is 12.4. The van der Waals surface area contributed by atoms with E-state index in [2.05, 4.69) is 10.6 Å². The van der Waals surface area contributed by atoms with Crippen LogP contribution in [-0.4, -0.2) is 84.0 Å². The largest absolute Gasteiger partial charge is 0.490 e. The Morgan fingerprint density at radius 1 is 0.977 bits per heavy atom. The Morgan fingerprint density at radius 3 is 2.20 bits per heavy atom. The first-order valence-corrected chi connectivity index (χ1v) is 16.2. The van der Waals surface area contributed by atoms with E-state index in [-0.39, 0.29) is 12.5 Å². The van der Waals surface area contributed by atoms with Gasteiger partial charge in [-0.25, -0.2) is 8.42 Å². The molecule has 3 aromatic rings. The van der Waals surface area contributed by atoms with Crippen molar-refractivity contribution in [1.29, 1.82) is 0 Å². The molecule has 0 spiro atoms. The molecule has 0 aromatic heterocycles. The summed E-state index contributed by atoms with van der Waals surface area (Å²) in [5.41, 5.74) is 3.44. The van der Waals surface area contributed by atoms with Crippen LogP contribution in [0.15, 0.2) is 71.7 Å². The maximum atomic E-state index is 13.5. The number of nitrogens with zero attached hydrogens (tertiary/aromatic N) is 3. The Bertz CT molecular complexity index is 1610. The van der Waals surface area contributed by atoms with Gasteiger partial charge in [0.1, 0.15) is 12.5 Å². The molecule has 234 valence electrons. The molecule has 2 amide bonds. The number of nitrogens with one attached hydrogen (secondary N) is 2. The molecular weight excluding hydrogens is 582 g/mol. The molecule has 1 atom stereocenters. The fourth-order valence-electron chi connectivity index (χ4n) is 4.82. The van der Waals surface area contributed by atoms with E-state index in [4.69, 9.17) is 14.5 Å². The molecule has 12 heteroatoms. The molecule has 1 heterocycles. The lowest BCUT2D eigenvalue weighted by Gasteiger charge is -2.22. The third kappa shape index (κ3) is 7.94. The number of carbonyl (C=O) groups excluding carboxylic acids is 2. The van der Waals surface area contributed by atoms with Crippen LogP contribution in [0.2, 0.25) is 0 Å². The minimum absolute atomic E-state index is 0.237. The number of anilines is 2. The van der Waals surface area contributed by atoms with Crippen molar-refractivity contribution in [3.8, 4) is 11.5 Å². The molecule has 0 saturated carbocycles. The highest BCUT2D eigenvalue weighted by Gasteiger charge is 2.37. The van der Waals surface area contributed by atoms with Gasteiger partial charge in [-0.3, -0.25) is 18.9 Å². The van der Waals surface area contributed by atoms with E-state index in [0.717, 1.165) is 16.1 Å². The Morgan fingerprint density at radius 2 is 1.61 bits per heavy atom. The minimum atomic E-state index is -3.75. The van der Waals surface area contributed by atoms with Gasteiger partial charge in [0.05, 0.1) is 36.6 Å². The third-order valence-corrected chi connectivity index (χ3v) is 7.99. The van der Waals surface area contributed by atoms with E-state index >= 15 is 0 Å². The number of carbonyl (C=O) groups is 2. The molecule has 3 aromatic carbocycles. The van der Waals surface area contributed by atoms with E-state index in [1.54, 1.807) is 30.3 Å². The van der Waals surface area contributed by atoms with Gasteiger partial charge in [0, 0.05) is 24.8 Å². The van der Waals surface area contributed by atoms with Crippen LogP contribution in [0.3, 0.4) is 0 Å².